The second kappa shape index (κ2) is 6.19. The van der Waals surface area contributed by atoms with Crippen LogP contribution in [0.15, 0.2) is 47.1 Å². The molecule has 2 aromatic rings. The molecule has 0 amide bonds. The van der Waals surface area contributed by atoms with Crippen LogP contribution in [0.1, 0.15) is 22.3 Å². The van der Waals surface area contributed by atoms with Crippen molar-refractivity contribution in [2.24, 2.45) is 4.99 Å². The average Bonchev–Trinajstić information content (AvgIpc) is 2.86. The Morgan fingerprint density at radius 1 is 1.04 bits per heavy atom. The first-order chi connectivity index (χ1) is 10.9. The maximum Gasteiger partial charge on any atom is 0.363 e. The first kappa shape index (κ1) is 15.8. The summed E-state index contributed by atoms with van der Waals surface area (Å²) in [5.74, 6) is -0.196. The molecule has 0 fully saturated rings. The molecule has 0 aliphatic carbocycles. The van der Waals surface area contributed by atoms with Gasteiger partial charge in [-0.3, -0.25) is 0 Å². The Hall–Kier alpha value is -2.10. The largest absolute Gasteiger partial charge is 0.402 e. The Labute approximate surface area is 144 Å². The molecule has 3 rings (SSSR count). The lowest BCUT2D eigenvalue weighted by molar-refractivity contribution is -0.129. The highest BCUT2D eigenvalue weighted by atomic mass is 35.5. The predicted molar refractivity (Wildman–Crippen MR) is 93.0 cm³/mol. The van der Waals surface area contributed by atoms with Crippen molar-refractivity contribution in [2.75, 3.05) is 0 Å². The SMILES string of the molecule is Cc1ccc(C2=NC(=Cc3ccc(Cl)cc3Cl)C(=O)O2)cc1C. The van der Waals surface area contributed by atoms with E-state index in [0.717, 1.165) is 11.1 Å². The third-order valence-electron chi connectivity index (χ3n) is 3.63. The molecular formula is C18H13Cl2NO2. The highest BCUT2D eigenvalue weighted by Crippen LogP contribution is 2.26. The van der Waals surface area contributed by atoms with Crippen LogP contribution in [0.25, 0.3) is 6.08 Å². The molecule has 0 N–H and O–H groups in total. The maximum absolute atomic E-state index is 12.0. The number of nitrogens with zero attached hydrogens (tertiary/aromatic N) is 1. The van der Waals surface area contributed by atoms with Crippen molar-refractivity contribution >= 4 is 41.1 Å². The van der Waals surface area contributed by atoms with E-state index in [2.05, 4.69) is 4.99 Å². The molecule has 1 aliphatic heterocycles. The van der Waals surface area contributed by atoms with Crippen LogP contribution in [-0.2, 0) is 9.53 Å². The number of halogens is 2. The molecule has 0 atom stereocenters. The Balaban J connectivity index is 1.97. The summed E-state index contributed by atoms with van der Waals surface area (Å²) in [6.45, 7) is 4.02. The number of carbonyl (C=O) groups excluding carboxylic acids is 1. The van der Waals surface area contributed by atoms with Crippen LogP contribution in [-0.4, -0.2) is 11.9 Å². The fourth-order valence-electron chi connectivity index (χ4n) is 2.17. The van der Waals surface area contributed by atoms with Crippen molar-refractivity contribution in [3.05, 3.63) is 74.4 Å². The van der Waals surface area contributed by atoms with Gasteiger partial charge in [-0.15, -0.1) is 0 Å². The van der Waals surface area contributed by atoms with E-state index in [1.807, 2.05) is 32.0 Å². The van der Waals surface area contributed by atoms with E-state index in [4.69, 9.17) is 27.9 Å². The molecule has 3 nitrogen and oxygen atoms in total. The summed E-state index contributed by atoms with van der Waals surface area (Å²) in [5, 5.41) is 0.984. The van der Waals surface area contributed by atoms with Gasteiger partial charge in [-0.1, -0.05) is 35.3 Å². The van der Waals surface area contributed by atoms with Crippen LogP contribution in [0.3, 0.4) is 0 Å². The van der Waals surface area contributed by atoms with Crippen molar-refractivity contribution in [1.29, 1.82) is 0 Å². The Morgan fingerprint density at radius 2 is 1.83 bits per heavy atom. The Morgan fingerprint density at radius 3 is 2.52 bits per heavy atom. The minimum atomic E-state index is -0.496. The number of carbonyl (C=O) groups is 1. The highest BCUT2D eigenvalue weighted by Gasteiger charge is 2.24. The Kier molecular flexibility index (Phi) is 4.24. The molecule has 0 unspecified atom stereocenters. The van der Waals surface area contributed by atoms with E-state index < -0.39 is 5.97 Å². The lowest BCUT2D eigenvalue weighted by Crippen LogP contribution is -2.05. The van der Waals surface area contributed by atoms with E-state index >= 15 is 0 Å². The molecule has 0 aromatic heterocycles. The molecule has 0 saturated heterocycles. The molecular weight excluding hydrogens is 333 g/mol. The molecule has 0 bridgehead atoms. The normalized spacial score (nSPS) is 15.7. The van der Waals surface area contributed by atoms with E-state index in [1.54, 1.807) is 24.3 Å². The lowest BCUT2D eigenvalue weighted by Gasteiger charge is -2.03. The monoisotopic (exact) mass is 345 g/mol. The molecule has 5 heteroatoms. The topological polar surface area (TPSA) is 38.7 Å². The zero-order chi connectivity index (χ0) is 16.6. The van der Waals surface area contributed by atoms with Gasteiger partial charge in [-0.25, -0.2) is 9.79 Å². The summed E-state index contributed by atoms with van der Waals surface area (Å²) in [6, 6.07) is 10.8. The van der Waals surface area contributed by atoms with Gasteiger partial charge in [0, 0.05) is 15.6 Å². The average molecular weight is 346 g/mol. The minimum Gasteiger partial charge on any atom is -0.402 e. The van der Waals surface area contributed by atoms with Crippen molar-refractivity contribution in [3.8, 4) is 0 Å². The van der Waals surface area contributed by atoms with Gasteiger partial charge in [0.15, 0.2) is 5.70 Å². The van der Waals surface area contributed by atoms with Gasteiger partial charge in [-0.2, -0.15) is 0 Å². The van der Waals surface area contributed by atoms with Crippen LogP contribution < -0.4 is 0 Å². The van der Waals surface area contributed by atoms with Gasteiger partial charge in [0.25, 0.3) is 0 Å². The number of cyclic esters (lactones) is 1. The Bertz CT molecular complexity index is 869. The van der Waals surface area contributed by atoms with E-state index in [9.17, 15) is 4.79 Å². The first-order valence-electron chi connectivity index (χ1n) is 6.99. The summed E-state index contributed by atoms with van der Waals surface area (Å²) >= 11 is 12.0. The van der Waals surface area contributed by atoms with Gasteiger partial charge in [0.05, 0.1) is 0 Å². The van der Waals surface area contributed by atoms with Crippen LogP contribution in [0.2, 0.25) is 10.0 Å². The molecule has 116 valence electrons. The van der Waals surface area contributed by atoms with Crippen LogP contribution >= 0.6 is 23.2 Å². The molecule has 0 saturated carbocycles. The number of aryl methyl sites for hydroxylation is 2. The zero-order valence-corrected chi connectivity index (χ0v) is 14.1. The number of hydrogen-bond acceptors (Lipinski definition) is 3. The van der Waals surface area contributed by atoms with Gasteiger partial charge in [-0.05, 0) is 60.9 Å². The van der Waals surface area contributed by atoms with Gasteiger partial charge < -0.3 is 4.74 Å². The number of benzene rings is 2. The fourth-order valence-corrected chi connectivity index (χ4v) is 2.64. The third kappa shape index (κ3) is 3.31. The zero-order valence-electron chi connectivity index (χ0n) is 12.6. The molecule has 1 aliphatic rings. The van der Waals surface area contributed by atoms with Crippen molar-refractivity contribution in [3.63, 3.8) is 0 Å². The molecule has 2 aromatic carbocycles. The summed E-state index contributed by atoms with van der Waals surface area (Å²) in [5.41, 5.74) is 3.92. The molecule has 0 spiro atoms. The van der Waals surface area contributed by atoms with Gasteiger partial charge >= 0.3 is 5.97 Å². The second-order valence-corrected chi connectivity index (χ2v) is 6.14. The summed E-state index contributed by atoms with van der Waals surface area (Å²) < 4.78 is 5.26. The highest BCUT2D eigenvalue weighted by molar-refractivity contribution is 6.35. The van der Waals surface area contributed by atoms with Crippen LogP contribution in [0.5, 0.6) is 0 Å². The first-order valence-corrected chi connectivity index (χ1v) is 7.75. The number of rotatable bonds is 2. The number of ether oxygens (including phenoxy) is 1. The molecule has 0 radical (unpaired) electrons. The van der Waals surface area contributed by atoms with Crippen molar-refractivity contribution in [1.82, 2.24) is 0 Å². The van der Waals surface area contributed by atoms with E-state index in [0.29, 0.717) is 21.5 Å². The fraction of sp³-hybridized carbons (Fsp3) is 0.111. The van der Waals surface area contributed by atoms with E-state index in [-0.39, 0.29) is 5.70 Å². The standard InChI is InChI=1S/C18H13Cl2NO2/c1-10-3-4-13(7-11(10)2)17-21-16(18(22)23-17)8-12-5-6-14(19)9-15(12)20/h3-9H,1-2H3. The maximum atomic E-state index is 12.0. The van der Waals surface area contributed by atoms with Crippen LogP contribution in [0, 0.1) is 13.8 Å². The van der Waals surface area contributed by atoms with E-state index in [1.165, 1.54) is 5.56 Å². The number of hydrogen-bond donors (Lipinski definition) is 0. The summed E-state index contributed by atoms with van der Waals surface area (Å²) in [4.78, 5) is 16.3. The smallest absolute Gasteiger partial charge is 0.363 e. The van der Waals surface area contributed by atoms with Gasteiger partial charge in [0.2, 0.25) is 5.90 Å². The second-order valence-electron chi connectivity index (χ2n) is 5.30. The molecule has 23 heavy (non-hydrogen) atoms. The lowest BCUT2D eigenvalue weighted by atomic mass is 10.1. The minimum absolute atomic E-state index is 0.211. The van der Waals surface area contributed by atoms with Gasteiger partial charge in [0.1, 0.15) is 0 Å². The number of aliphatic imine (C=N–C) groups is 1. The predicted octanol–water partition coefficient (Wildman–Crippen LogP) is 4.95. The van der Waals surface area contributed by atoms with Crippen LogP contribution in [0.4, 0.5) is 0 Å². The summed E-state index contributed by atoms with van der Waals surface area (Å²) in [6.07, 6.45) is 1.59. The quantitative estimate of drug-likeness (QED) is 0.570. The van der Waals surface area contributed by atoms with Crippen molar-refractivity contribution < 1.29 is 9.53 Å². The third-order valence-corrected chi connectivity index (χ3v) is 4.19. The summed E-state index contributed by atoms with van der Waals surface area (Å²) in [7, 11) is 0. The van der Waals surface area contributed by atoms with Crippen molar-refractivity contribution in [2.45, 2.75) is 13.8 Å². The molecule has 1 heterocycles. The number of esters is 1.